The molecule has 1 atom stereocenters. The molecule has 1 unspecified atom stereocenters. The molecule has 0 radical (unpaired) electrons. The van der Waals surface area contributed by atoms with Crippen molar-refractivity contribution >= 4 is 36.1 Å². The van der Waals surface area contributed by atoms with Crippen LogP contribution in [0.5, 0.6) is 5.75 Å². The second-order valence-electron chi connectivity index (χ2n) is 10.5. The molecule has 0 fully saturated rings. The maximum absolute atomic E-state index is 13.2. The van der Waals surface area contributed by atoms with Gasteiger partial charge in [-0.3, -0.25) is 10.2 Å². The van der Waals surface area contributed by atoms with E-state index >= 15 is 0 Å². The predicted molar refractivity (Wildman–Crippen MR) is 172 cm³/mol. The zero-order valence-corrected chi connectivity index (χ0v) is 25.3. The summed E-state index contributed by atoms with van der Waals surface area (Å²) >= 11 is 0. The third-order valence-corrected chi connectivity index (χ3v) is 7.34. The molecule has 4 aromatic carbocycles. The summed E-state index contributed by atoms with van der Waals surface area (Å²) in [5.41, 5.74) is 10.3. The number of esters is 2. The van der Waals surface area contributed by atoms with Gasteiger partial charge in [0.25, 0.3) is 5.91 Å². The lowest BCUT2D eigenvalue weighted by atomic mass is 9.88. The van der Waals surface area contributed by atoms with Crippen LogP contribution in [0.2, 0.25) is 0 Å². The Labute approximate surface area is 267 Å². The first kappa shape index (κ1) is 32.8. The SMILES string of the molecule is Cl.N=C(N)c1cc(C(=O)OCc2ccccc2)ccc1C(=O)NC1CCc2cc(OCC(=O)OCc3ccccc3)ccc2C1. The Balaban J connectivity index is 0.00000461. The minimum absolute atomic E-state index is 0. The van der Waals surface area contributed by atoms with Gasteiger partial charge >= 0.3 is 11.9 Å². The van der Waals surface area contributed by atoms with Crippen LogP contribution in [0.4, 0.5) is 0 Å². The van der Waals surface area contributed by atoms with Crippen molar-refractivity contribution in [1.82, 2.24) is 5.32 Å². The van der Waals surface area contributed by atoms with Gasteiger partial charge in [0, 0.05) is 11.6 Å². The molecule has 0 saturated carbocycles. The number of hydrogen-bond donors (Lipinski definition) is 3. The number of hydrogen-bond acceptors (Lipinski definition) is 7. The summed E-state index contributed by atoms with van der Waals surface area (Å²) < 4.78 is 16.3. The lowest BCUT2D eigenvalue weighted by Gasteiger charge is -2.26. The van der Waals surface area contributed by atoms with Crippen molar-refractivity contribution in [3.05, 3.63) is 136 Å². The van der Waals surface area contributed by atoms with Crippen molar-refractivity contribution in [3.8, 4) is 5.75 Å². The molecule has 10 heteroatoms. The van der Waals surface area contributed by atoms with Gasteiger partial charge in [0.05, 0.1) is 11.1 Å². The summed E-state index contributed by atoms with van der Waals surface area (Å²) in [6.45, 7) is 0.112. The zero-order valence-electron chi connectivity index (χ0n) is 24.5. The molecule has 4 aromatic rings. The molecular formula is C35H34ClN3O6. The summed E-state index contributed by atoms with van der Waals surface area (Å²) in [6.07, 6.45) is 2.02. The van der Waals surface area contributed by atoms with Crippen molar-refractivity contribution in [2.75, 3.05) is 6.61 Å². The van der Waals surface area contributed by atoms with Crippen LogP contribution in [0.1, 0.15) is 55.0 Å². The number of benzene rings is 4. The lowest BCUT2D eigenvalue weighted by Crippen LogP contribution is -2.39. The quantitative estimate of drug-likeness (QED) is 0.119. The van der Waals surface area contributed by atoms with Gasteiger partial charge in [0.15, 0.2) is 6.61 Å². The molecule has 9 nitrogen and oxygen atoms in total. The van der Waals surface area contributed by atoms with Crippen LogP contribution in [-0.2, 0) is 40.3 Å². The lowest BCUT2D eigenvalue weighted by molar-refractivity contribution is -0.147. The first-order valence-electron chi connectivity index (χ1n) is 14.3. The van der Waals surface area contributed by atoms with Crippen LogP contribution in [0.3, 0.4) is 0 Å². The van der Waals surface area contributed by atoms with Crippen LogP contribution in [0.15, 0.2) is 97.1 Å². The number of nitrogen functional groups attached to an aromatic ring is 1. The highest BCUT2D eigenvalue weighted by Crippen LogP contribution is 2.26. The Bertz CT molecular complexity index is 1660. The Morgan fingerprint density at radius 3 is 2.13 bits per heavy atom. The van der Waals surface area contributed by atoms with E-state index in [1.54, 1.807) is 6.07 Å². The average molecular weight is 628 g/mol. The molecule has 45 heavy (non-hydrogen) atoms. The second-order valence-corrected chi connectivity index (χ2v) is 10.5. The van der Waals surface area contributed by atoms with Gasteiger partial charge in [-0.2, -0.15) is 0 Å². The molecule has 0 spiro atoms. The molecule has 1 amide bonds. The molecule has 232 valence electrons. The maximum atomic E-state index is 13.2. The monoisotopic (exact) mass is 627 g/mol. The smallest absolute Gasteiger partial charge is 0.344 e. The first-order chi connectivity index (χ1) is 21.4. The van der Waals surface area contributed by atoms with Gasteiger partial charge in [0.1, 0.15) is 24.8 Å². The summed E-state index contributed by atoms with van der Waals surface area (Å²) in [5.74, 6) is -1.13. The zero-order chi connectivity index (χ0) is 30.9. The number of fused-ring (bicyclic) bond motifs is 1. The largest absolute Gasteiger partial charge is 0.482 e. The van der Waals surface area contributed by atoms with E-state index in [0.717, 1.165) is 22.3 Å². The van der Waals surface area contributed by atoms with E-state index in [9.17, 15) is 14.4 Å². The molecule has 0 heterocycles. The molecule has 0 bridgehead atoms. The maximum Gasteiger partial charge on any atom is 0.344 e. The number of amides is 1. The van der Waals surface area contributed by atoms with Crippen LogP contribution in [-0.4, -0.2) is 36.3 Å². The molecule has 5 rings (SSSR count). The fourth-order valence-corrected chi connectivity index (χ4v) is 5.03. The van der Waals surface area contributed by atoms with Gasteiger partial charge in [0.2, 0.25) is 0 Å². The molecule has 4 N–H and O–H groups in total. The summed E-state index contributed by atoms with van der Waals surface area (Å²) in [4.78, 5) is 38.0. The van der Waals surface area contributed by atoms with Crippen molar-refractivity contribution in [2.24, 2.45) is 5.73 Å². The molecule has 1 aliphatic rings. The average Bonchev–Trinajstić information content (AvgIpc) is 3.05. The molecule has 0 saturated heterocycles. The minimum atomic E-state index is -0.570. The first-order valence-corrected chi connectivity index (χ1v) is 14.3. The van der Waals surface area contributed by atoms with E-state index < -0.39 is 11.9 Å². The summed E-state index contributed by atoms with van der Waals surface area (Å²) in [6, 6.07) is 28.7. The van der Waals surface area contributed by atoms with Crippen molar-refractivity contribution in [1.29, 1.82) is 5.41 Å². The van der Waals surface area contributed by atoms with Crippen LogP contribution in [0.25, 0.3) is 0 Å². The van der Waals surface area contributed by atoms with Gasteiger partial charge < -0.3 is 25.3 Å². The molecule has 1 aliphatic carbocycles. The fourth-order valence-electron chi connectivity index (χ4n) is 5.03. The van der Waals surface area contributed by atoms with E-state index in [0.29, 0.717) is 25.0 Å². The predicted octanol–water partition coefficient (Wildman–Crippen LogP) is 5.16. The molecule has 0 aromatic heterocycles. The van der Waals surface area contributed by atoms with E-state index in [1.165, 1.54) is 18.2 Å². The third-order valence-electron chi connectivity index (χ3n) is 7.34. The highest BCUT2D eigenvalue weighted by atomic mass is 35.5. The number of aryl methyl sites for hydroxylation is 1. The van der Waals surface area contributed by atoms with Crippen molar-refractivity contribution in [2.45, 2.75) is 38.5 Å². The Morgan fingerprint density at radius 2 is 1.47 bits per heavy atom. The topological polar surface area (TPSA) is 141 Å². The number of carbonyl (C=O) groups is 3. The summed E-state index contributed by atoms with van der Waals surface area (Å²) in [7, 11) is 0. The van der Waals surface area contributed by atoms with Gasteiger partial charge in [-0.25, -0.2) is 9.59 Å². The van der Waals surface area contributed by atoms with E-state index in [-0.39, 0.29) is 66.7 Å². The van der Waals surface area contributed by atoms with E-state index in [2.05, 4.69) is 5.32 Å². The Hall–Kier alpha value is -5.15. The van der Waals surface area contributed by atoms with Gasteiger partial charge in [-0.1, -0.05) is 66.7 Å². The number of ether oxygens (including phenoxy) is 3. The van der Waals surface area contributed by atoms with Crippen molar-refractivity contribution in [3.63, 3.8) is 0 Å². The van der Waals surface area contributed by atoms with Gasteiger partial charge in [-0.05, 0) is 71.8 Å². The number of halogens is 1. The number of nitrogens with two attached hydrogens (primary N) is 1. The number of nitrogens with one attached hydrogen (secondary N) is 2. The van der Waals surface area contributed by atoms with Crippen LogP contribution < -0.4 is 15.8 Å². The normalized spacial score (nSPS) is 13.4. The van der Waals surface area contributed by atoms with Crippen LogP contribution >= 0.6 is 12.4 Å². The Kier molecular flexibility index (Phi) is 11.3. The number of carbonyl (C=O) groups excluding carboxylic acids is 3. The number of amidine groups is 1. The van der Waals surface area contributed by atoms with Crippen molar-refractivity contribution < 1.29 is 28.6 Å². The third kappa shape index (κ3) is 8.93. The fraction of sp³-hybridized carbons (Fsp3) is 0.200. The minimum Gasteiger partial charge on any atom is -0.482 e. The standard InChI is InChI=1S/C35H33N3O6.ClH/c36-33(37)31-19-27(35(41)44-21-24-9-5-2-6-10-24)13-16-30(31)34(40)38-28-14-11-26-18-29(15-12-25(26)17-28)42-22-32(39)43-20-23-7-3-1-4-8-23;/h1-10,12-13,15-16,18-19,28H,11,14,17,20-22H2,(H3,36,37)(H,38,40);1H. The second kappa shape index (κ2) is 15.5. The van der Waals surface area contributed by atoms with Gasteiger partial charge in [-0.15, -0.1) is 12.4 Å². The van der Waals surface area contributed by atoms with E-state index in [4.69, 9.17) is 25.4 Å². The summed E-state index contributed by atoms with van der Waals surface area (Å²) in [5, 5.41) is 11.1. The van der Waals surface area contributed by atoms with Crippen LogP contribution in [0, 0.1) is 5.41 Å². The van der Waals surface area contributed by atoms with E-state index in [1.807, 2.05) is 72.8 Å². The molecule has 0 aliphatic heterocycles. The Morgan fingerprint density at radius 1 is 0.800 bits per heavy atom. The highest BCUT2D eigenvalue weighted by molar-refractivity contribution is 6.09. The molecular weight excluding hydrogens is 594 g/mol. The number of rotatable bonds is 11. The highest BCUT2D eigenvalue weighted by Gasteiger charge is 2.24.